The molecule has 0 spiro atoms. The van der Waals surface area contributed by atoms with Crippen LogP contribution in [0.1, 0.15) is 5.56 Å². The minimum absolute atomic E-state index is 0.0767. The van der Waals surface area contributed by atoms with Gasteiger partial charge in [-0.1, -0.05) is 35.9 Å². The predicted molar refractivity (Wildman–Crippen MR) is 62.7 cm³/mol. The lowest BCUT2D eigenvalue weighted by Crippen LogP contribution is -1.92. The van der Waals surface area contributed by atoms with Crippen LogP contribution in [0.4, 0.5) is 4.39 Å². The predicted octanol–water partition coefficient (Wildman–Crippen LogP) is 4.58. The van der Waals surface area contributed by atoms with E-state index in [1.807, 2.05) is 18.2 Å². The Hall–Kier alpha value is -1.54. The molecule has 3 heteroatoms. The summed E-state index contributed by atoms with van der Waals surface area (Å²) in [5.41, 5.74) is 0.510. The fourth-order valence-electron chi connectivity index (χ4n) is 1.33. The minimum Gasteiger partial charge on any atom is -0.453 e. The Bertz CT molecular complexity index is 497. The van der Waals surface area contributed by atoms with E-state index in [0.717, 1.165) is 0 Å². The van der Waals surface area contributed by atoms with Crippen LogP contribution in [0, 0.1) is 12.7 Å². The van der Waals surface area contributed by atoms with E-state index in [1.165, 1.54) is 0 Å². The maximum Gasteiger partial charge on any atom is 0.181 e. The van der Waals surface area contributed by atoms with Gasteiger partial charge in [0.15, 0.2) is 11.6 Å². The summed E-state index contributed by atoms with van der Waals surface area (Å²) >= 11 is 5.89. The molecule has 0 aromatic heterocycles. The van der Waals surface area contributed by atoms with Crippen molar-refractivity contribution in [3.8, 4) is 11.5 Å². The highest BCUT2D eigenvalue weighted by Crippen LogP contribution is 2.33. The molecule has 0 fully saturated rings. The Morgan fingerprint density at radius 1 is 1.06 bits per heavy atom. The molecule has 0 aliphatic rings. The van der Waals surface area contributed by atoms with Crippen LogP contribution < -0.4 is 4.74 Å². The maximum absolute atomic E-state index is 13.7. The highest BCUT2D eigenvalue weighted by atomic mass is 35.5. The highest BCUT2D eigenvalue weighted by molar-refractivity contribution is 6.32. The molecular weight excluding hydrogens is 227 g/mol. The van der Waals surface area contributed by atoms with Crippen molar-refractivity contribution in [2.75, 3.05) is 0 Å². The van der Waals surface area contributed by atoms with Gasteiger partial charge in [-0.2, -0.15) is 0 Å². The first-order valence-corrected chi connectivity index (χ1v) is 5.24. The Labute approximate surface area is 98.4 Å². The van der Waals surface area contributed by atoms with Gasteiger partial charge >= 0.3 is 0 Å². The first-order chi connectivity index (χ1) is 7.68. The van der Waals surface area contributed by atoms with Crippen molar-refractivity contribution in [1.29, 1.82) is 0 Å². The lowest BCUT2D eigenvalue weighted by Gasteiger charge is -2.09. The molecule has 0 aliphatic heterocycles. The van der Waals surface area contributed by atoms with Gasteiger partial charge in [0, 0.05) is 0 Å². The summed E-state index contributed by atoms with van der Waals surface area (Å²) in [5, 5.41) is 0.270. The average molecular weight is 237 g/mol. The van der Waals surface area contributed by atoms with Gasteiger partial charge in [0.2, 0.25) is 0 Å². The van der Waals surface area contributed by atoms with Crippen LogP contribution in [0.15, 0.2) is 42.5 Å². The van der Waals surface area contributed by atoms with Crippen LogP contribution in [0.5, 0.6) is 11.5 Å². The van der Waals surface area contributed by atoms with Crippen molar-refractivity contribution in [2.45, 2.75) is 6.92 Å². The topological polar surface area (TPSA) is 9.23 Å². The SMILES string of the molecule is Cc1ccc(Cl)c(Oc2ccccc2)c1F. The van der Waals surface area contributed by atoms with Gasteiger partial charge in [-0.05, 0) is 30.7 Å². The molecule has 1 nitrogen and oxygen atoms in total. The van der Waals surface area contributed by atoms with Gasteiger partial charge in [-0.15, -0.1) is 0 Å². The average Bonchev–Trinajstić information content (AvgIpc) is 2.31. The zero-order valence-electron chi connectivity index (χ0n) is 8.71. The molecule has 0 amide bonds. The van der Waals surface area contributed by atoms with Crippen LogP contribution in [0.25, 0.3) is 0 Å². The summed E-state index contributed by atoms with van der Waals surface area (Å²) in [5.74, 6) is 0.220. The molecule has 0 radical (unpaired) electrons. The molecule has 0 bridgehead atoms. The van der Waals surface area contributed by atoms with Crippen molar-refractivity contribution in [3.63, 3.8) is 0 Å². The van der Waals surface area contributed by atoms with E-state index in [9.17, 15) is 4.39 Å². The van der Waals surface area contributed by atoms with Gasteiger partial charge < -0.3 is 4.74 Å². The maximum atomic E-state index is 13.7. The zero-order chi connectivity index (χ0) is 11.5. The highest BCUT2D eigenvalue weighted by Gasteiger charge is 2.12. The molecule has 0 unspecified atom stereocenters. The minimum atomic E-state index is -0.420. The van der Waals surface area contributed by atoms with Crippen molar-refractivity contribution >= 4 is 11.6 Å². The molecule has 0 atom stereocenters. The normalized spacial score (nSPS) is 10.2. The molecule has 0 aliphatic carbocycles. The van der Waals surface area contributed by atoms with E-state index in [1.54, 1.807) is 31.2 Å². The van der Waals surface area contributed by atoms with E-state index in [2.05, 4.69) is 0 Å². The zero-order valence-corrected chi connectivity index (χ0v) is 9.46. The number of para-hydroxylation sites is 1. The van der Waals surface area contributed by atoms with Gasteiger partial charge in [0.1, 0.15) is 5.75 Å². The largest absolute Gasteiger partial charge is 0.453 e. The molecule has 2 aromatic rings. The first kappa shape index (κ1) is 11.0. The van der Waals surface area contributed by atoms with E-state index in [-0.39, 0.29) is 10.8 Å². The third kappa shape index (κ3) is 2.17. The van der Waals surface area contributed by atoms with Gasteiger partial charge in [-0.3, -0.25) is 0 Å². The number of hydrogen-bond donors (Lipinski definition) is 0. The van der Waals surface area contributed by atoms with Crippen LogP contribution in [0.2, 0.25) is 5.02 Å². The Morgan fingerprint density at radius 3 is 2.44 bits per heavy atom. The van der Waals surface area contributed by atoms with E-state index >= 15 is 0 Å². The van der Waals surface area contributed by atoms with Crippen molar-refractivity contribution in [3.05, 3.63) is 58.9 Å². The molecule has 82 valence electrons. The third-order valence-electron chi connectivity index (χ3n) is 2.21. The third-order valence-corrected chi connectivity index (χ3v) is 2.50. The second kappa shape index (κ2) is 4.54. The molecule has 2 rings (SSSR count). The quantitative estimate of drug-likeness (QED) is 0.742. The molecule has 0 heterocycles. The smallest absolute Gasteiger partial charge is 0.181 e. The van der Waals surface area contributed by atoms with Crippen molar-refractivity contribution in [1.82, 2.24) is 0 Å². The summed E-state index contributed by atoms with van der Waals surface area (Å²) in [4.78, 5) is 0. The van der Waals surface area contributed by atoms with Crippen molar-refractivity contribution < 1.29 is 9.13 Å². The summed E-state index contributed by atoms with van der Waals surface area (Å²) in [7, 11) is 0. The van der Waals surface area contributed by atoms with Gasteiger partial charge in [-0.25, -0.2) is 4.39 Å². The van der Waals surface area contributed by atoms with E-state index in [0.29, 0.717) is 11.3 Å². The number of ether oxygens (including phenoxy) is 1. The van der Waals surface area contributed by atoms with E-state index < -0.39 is 5.82 Å². The molecule has 16 heavy (non-hydrogen) atoms. The molecular formula is C13H10ClFO. The number of rotatable bonds is 2. The van der Waals surface area contributed by atoms with Gasteiger partial charge in [0.25, 0.3) is 0 Å². The van der Waals surface area contributed by atoms with Gasteiger partial charge in [0.05, 0.1) is 5.02 Å². The second-order valence-electron chi connectivity index (χ2n) is 3.42. The van der Waals surface area contributed by atoms with Crippen molar-refractivity contribution in [2.24, 2.45) is 0 Å². The lowest BCUT2D eigenvalue weighted by atomic mass is 10.2. The fourth-order valence-corrected chi connectivity index (χ4v) is 1.52. The molecule has 2 aromatic carbocycles. The number of hydrogen-bond acceptors (Lipinski definition) is 1. The summed E-state index contributed by atoms with van der Waals surface area (Å²) in [6, 6.07) is 12.2. The summed E-state index contributed by atoms with van der Waals surface area (Å²) in [6.07, 6.45) is 0. The van der Waals surface area contributed by atoms with Crippen LogP contribution in [0.3, 0.4) is 0 Å². The lowest BCUT2D eigenvalue weighted by molar-refractivity contribution is 0.440. The standard InChI is InChI=1S/C13H10ClFO/c1-9-7-8-11(14)13(12(9)15)16-10-5-3-2-4-6-10/h2-8H,1H3. The van der Waals surface area contributed by atoms with Crippen LogP contribution >= 0.6 is 11.6 Å². The number of benzene rings is 2. The Balaban J connectivity index is 2.38. The Kier molecular flexibility index (Phi) is 3.11. The Morgan fingerprint density at radius 2 is 1.75 bits per heavy atom. The summed E-state index contributed by atoms with van der Waals surface area (Å²) < 4.78 is 19.2. The number of halogens is 2. The monoisotopic (exact) mass is 236 g/mol. The summed E-state index contributed by atoms with van der Waals surface area (Å²) in [6.45, 7) is 1.67. The molecule has 0 N–H and O–H groups in total. The molecule has 0 saturated carbocycles. The number of aryl methyl sites for hydroxylation is 1. The first-order valence-electron chi connectivity index (χ1n) is 4.86. The second-order valence-corrected chi connectivity index (χ2v) is 3.83. The molecule has 0 saturated heterocycles. The van der Waals surface area contributed by atoms with Crippen LogP contribution in [-0.4, -0.2) is 0 Å². The fraction of sp³-hybridized carbons (Fsp3) is 0.0769. The van der Waals surface area contributed by atoms with E-state index in [4.69, 9.17) is 16.3 Å². The van der Waals surface area contributed by atoms with Crippen LogP contribution in [-0.2, 0) is 0 Å².